The van der Waals surface area contributed by atoms with Crippen molar-refractivity contribution in [3.63, 3.8) is 0 Å². The molecule has 0 radical (unpaired) electrons. The molecule has 0 unspecified atom stereocenters. The summed E-state index contributed by atoms with van der Waals surface area (Å²) in [6, 6.07) is 23.6. The lowest BCUT2D eigenvalue weighted by molar-refractivity contribution is -0.125. The second kappa shape index (κ2) is 11.1. The first kappa shape index (κ1) is 25.0. The number of amides is 2. The Hall–Kier alpha value is -3.71. The van der Waals surface area contributed by atoms with Gasteiger partial charge < -0.3 is 5.32 Å². The van der Waals surface area contributed by atoms with E-state index in [1.54, 1.807) is 16.7 Å². The van der Waals surface area contributed by atoms with Crippen molar-refractivity contribution >= 4 is 40.3 Å². The third-order valence-electron chi connectivity index (χ3n) is 6.63. The highest BCUT2D eigenvalue weighted by Gasteiger charge is 2.41. The number of carbonyl (C=O) groups excluding carboxylic acids is 2. The molecule has 2 heterocycles. The minimum absolute atomic E-state index is 0.0627. The summed E-state index contributed by atoms with van der Waals surface area (Å²) in [5.74, 6) is 1.16. The molecule has 0 bridgehead atoms. The first-order valence-corrected chi connectivity index (χ1v) is 13.6. The molecule has 2 aliphatic rings. The Morgan fingerprint density at radius 3 is 2.62 bits per heavy atom. The Balaban J connectivity index is 1.25. The van der Waals surface area contributed by atoms with Gasteiger partial charge in [0.25, 0.3) is 5.91 Å². The number of carbonyl (C=O) groups is 2. The number of aliphatic imine (C=N–C) groups is 2. The van der Waals surface area contributed by atoms with E-state index < -0.39 is 6.04 Å². The van der Waals surface area contributed by atoms with E-state index in [0.717, 1.165) is 17.7 Å². The van der Waals surface area contributed by atoms with E-state index in [9.17, 15) is 9.59 Å². The van der Waals surface area contributed by atoms with Gasteiger partial charge in [-0.05, 0) is 55.5 Å². The molecule has 1 N–H and O–H groups in total. The van der Waals surface area contributed by atoms with Crippen molar-refractivity contribution in [2.24, 2.45) is 9.98 Å². The summed E-state index contributed by atoms with van der Waals surface area (Å²) < 4.78 is 0. The van der Waals surface area contributed by atoms with E-state index in [4.69, 9.17) is 9.98 Å². The molecule has 0 aliphatic carbocycles. The van der Waals surface area contributed by atoms with Gasteiger partial charge in [0, 0.05) is 24.3 Å². The van der Waals surface area contributed by atoms with Crippen LogP contribution in [0.15, 0.2) is 82.8 Å². The van der Waals surface area contributed by atoms with E-state index in [2.05, 4.69) is 37.4 Å². The summed E-state index contributed by atoms with van der Waals surface area (Å²) in [7, 11) is 0. The minimum atomic E-state index is -0.590. The van der Waals surface area contributed by atoms with Gasteiger partial charge in [-0.3, -0.25) is 14.6 Å². The quantitative estimate of drug-likeness (QED) is 0.445. The summed E-state index contributed by atoms with van der Waals surface area (Å²) in [6.07, 6.45) is 1.39. The van der Waals surface area contributed by atoms with Crippen LogP contribution in [0.2, 0.25) is 0 Å². The van der Waals surface area contributed by atoms with Gasteiger partial charge in [0.15, 0.2) is 5.17 Å². The van der Waals surface area contributed by atoms with Gasteiger partial charge in [0.05, 0.1) is 5.69 Å². The summed E-state index contributed by atoms with van der Waals surface area (Å²) in [5, 5.41) is 3.60. The monoisotopic (exact) mass is 510 g/mol. The molecule has 37 heavy (non-hydrogen) atoms. The van der Waals surface area contributed by atoms with Gasteiger partial charge in [-0.1, -0.05) is 78.0 Å². The number of hydrogen-bond acceptors (Lipinski definition) is 5. The molecule has 1 atom stereocenters. The van der Waals surface area contributed by atoms with Crippen molar-refractivity contribution < 1.29 is 9.59 Å². The highest BCUT2D eigenvalue weighted by atomic mass is 32.2. The number of fused-ring (bicyclic) bond motifs is 3. The molecule has 0 saturated heterocycles. The Labute approximate surface area is 221 Å². The Morgan fingerprint density at radius 2 is 1.81 bits per heavy atom. The molecule has 6 nitrogen and oxygen atoms in total. The van der Waals surface area contributed by atoms with Crippen LogP contribution >= 0.6 is 11.8 Å². The molecule has 7 heteroatoms. The fraction of sp³-hybridized carbons (Fsp3) is 0.267. The highest BCUT2D eigenvalue weighted by Crippen LogP contribution is 2.35. The lowest BCUT2D eigenvalue weighted by atomic mass is 10.1. The van der Waals surface area contributed by atoms with Crippen LogP contribution in [-0.4, -0.2) is 40.3 Å². The SMILES string of the molecule is Cc1ccc(CSC2=Nc3ccccc3C3=N[C@H](CCC(=O)NCCc4ccccc4)C(=O)N23)c(C)c1. The Kier molecular flexibility index (Phi) is 7.51. The molecule has 0 saturated carbocycles. The molecular formula is C30H30N4O2S. The zero-order chi connectivity index (χ0) is 25.8. The topological polar surface area (TPSA) is 74.1 Å². The zero-order valence-corrected chi connectivity index (χ0v) is 21.9. The molecule has 188 valence electrons. The van der Waals surface area contributed by atoms with Crippen LogP contribution in [0.5, 0.6) is 0 Å². The molecule has 0 aromatic heterocycles. The van der Waals surface area contributed by atoms with Crippen molar-refractivity contribution in [3.8, 4) is 0 Å². The number of aryl methyl sites for hydroxylation is 2. The number of nitrogens with one attached hydrogen (secondary N) is 1. The first-order valence-electron chi connectivity index (χ1n) is 12.6. The van der Waals surface area contributed by atoms with E-state index in [1.165, 1.54) is 22.3 Å². The van der Waals surface area contributed by atoms with Crippen molar-refractivity contribution in [2.75, 3.05) is 6.54 Å². The molecule has 2 aliphatic heterocycles. The third kappa shape index (κ3) is 5.67. The highest BCUT2D eigenvalue weighted by molar-refractivity contribution is 8.13. The van der Waals surface area contributed by atoms with E-state index in [0.29, 0.717) is 29.7 Å². The number of amidine groups is 2. The normalized spacial score (nSPS) is 16.1. The number of para-hydroxylation sites is 1. The fourth-order valence-corrected chi connectivity index (χ4v) is 5.66. The summed E-state index contributed by atoms with van der Waals surface area (Å²) in [5.41, 5.74) is 6.51. The van der Waals surface area contributed by atoms with Crippen molar-refractivity contribution in [1.82, 2.24) is 10.2 Å². The number of nitrogens with zero attached hydrogens (tertiary/aromatic N) is 3. The van der Waals surface area contributed by atoms with Crippen LogP contribution in [0.1, 0.15) is 40.7 Å². The number of benzene rings is 3. The molecule has 2 amide bonds. The van der Waals surface area contributed by atoms with Gasteiger partial charge in [-0.15, -0.1) is 0 Å². The van der Waals surface area contributed by atoms with Crippen LogP contribution in [-0.2, 0) is 21.8 Å². The van der Waals surface area contributed by atoms with Gasteiger partial charge in [0.1, 0.15) is 11.9 Å². The second-order valence-corrected chi connectivity index (χ2v) is 10.3. The van der Waals surface area contributed by atoms with E-state index >= 15 is 0 Å². The lowest BCUT2D eigenvalue weighted by Gasteiger charge is -2.25. The minimum Gasteiger partial charge on any atom is -0.356 e. The smallest absolute Gasteiger partial charge is 0.259 e. The van der Waals surface area contributed by atoms with E-state index in [1.807, 2.05) is 54.6 Å². The van der Waals surface area contributed by atoms with Crippen molar-refractivity contribution in [2.45, 2.75) is 44.9 Å². The molecule has 3 aromatic carbocycles. The van der Waals surface area contributed by atoms with Crippen LogP contribution < -0.4 is 5.32 Å². The number of thioether (sulfide) groups is 1. The second-order valence-electron chi connectivity index (χ2n) is 9.40. The van der Waals surface area contributed by atoms with Crippen LogP contribution in [0.25, 0.3) is 0 Å². The summed E-state index contributed by atoms with van der Waals surface area (Å²) in [4.78, 5) is 37.2. The largest absolute Gasteiger partial charge is 0.356 e. The molecule has 0 fully saturated rings. The van der Waals surface area contributed by atoms with E-state index in [-0.39, 0.29) is 18.2 Å². The average Bonchev–Trinajstić information content (AvgIpc) is 3.24. The Bertz CT molecular complexity index is 1380. The van der Waals surface area contributed by atoms with Gasteiger partial charge in [0.2, 0.25) is 5.91 Å². The molecule has 5 rings (SSSR count). The van der Waals surface area contributed by atoms with Crippen LogP contribution in [0.4, 0.5) is 5.69 Å². The average molecular weight is 511 g/mol. The lowest BCUT2D eigenvalue weighted by Crippen LogP contribution is -2.41. The van der Waals surface area contributed by atoms with Crippen molar-refractivity contribution in [1.29, 1.82) is 0 Å². The summed E-state index contributed by atoms with van der Waals surface area (Å²) in [6.45, 7) is 4.76. The first-order chi connectivity index (χ1) is 18.0. The Morgan fingerprint density at radius 1 is 1.03 bits per heavy atom. The van der Waals surface area contributed by atoms with Gasteiger partial charge in [-0.25, -0.2) is 9.89 Å². The molecule has 3 aromatic rings. The predicted molar refractivity (Wildman–Crippen MR) is 150 cm³/mol. The number of rotatable bonds is 8. The molecule has 0 spiro atoms. The predicted octanol–water partition coefficient (Wildman–Crippen LogP) is 5.33. The maximum atomic E-state index is 13.5. The zero-order valence-electron chi connectivity index (χ0n) is 21.1. The maximum absolute atomic E-state index is 13.5. The number of hydrogen-bond donors (Lipinski definition) is 1. The van der Waals surface area contributed by atoms with Crippen molar-refractivity contribution in [3.05, 3.63) is 101 Å². The maximum Gasteiger partial charge on any atom is 0.259 e. The van der Waals surface area contributed by atoms with Crippen LogP contribution in [0.3, 0.4) is 0 Å². The third-order valence-corrected chi connectivity index (χ3v) is 7.61. The van der Waals surface area contributed by atoms with Gasteiger partial charge >= 0.3 is 0 Å². The fourth-order valence-electron chi connectivity index (χ4n) is 4.58. The van der Waals surface area contributed by atoms with Gasteiger partial charge in [-0.2, -0.15) is 0 Å². The summed E-state index contributed by atoms with van der Waals surface area (Å²) >= 11 is 1.54. The molecular weight excluding hydrogens is 480 g/mol. The van der Waals surface area contributed by atoms with Crippen LogP contribution in [0, 0.1) is 13.8 Å². The standard InChI is InChI=1S/C30H30N4O2S/c1-20-12-13-23(21(2)18-20)19-37-30-33-25-11-7-6-10-24(25)28-32-26(29(36)34(28)30)14-15-27(35)31-17-16-22-8-4-3-5-9-22/h3-13,18,26H,14-17,19H2,1-2H3,(H,31,35)/t26-/m1/s1.